The van der Waals surface area contributed by atoms with Gasteiger partial charge in [-0.05, 0) is 49.8 Å². The van der Waals surface area contributed by atoms with Gasteiger partial charge in [-0.25, -0.2) is 4.99 Å². The van der Waals surface area contributed by atoms with Crippen LogP contribution in [0.3, 0.4) is 0 Å². The Morgan fingerprint density at radius 2 is 1.85 bits per heavy atom. The van der Waals surface area contributed by atoms with Crippen molar-refractivity contribution in [1.29, 1.82) is 0 Å². The van der Waals surface area contributed by atoms with Crippen molar-refractivity contribution in [3.8, 4) is 0 Å². The molecule has 2 aromatic carbocycles. The first kappa shape index (κ1) is 16.9. The highest BCUT2D eigenvalue weighted by atomic mass is 35.5. The minimum atomic E-state index is -0.273. The van der Waals surface area contributed by atoms with E-state index in [1.807, 2.05) is 54.6 Å². The third-order valence-electron chi connectivity index (χ3n) is 4.48. The van der Waals surface area contributed by atoms with Crippen LogP contribution in [0.4, 0.5) is 11.4 Å². The summed E-state index contributed by atoms with van der Waals surface area (Å²) >= 11 is 6.08. The molecule has 1 heterocycles. The van der Waals surface area contributed by atoms with Crippen molar-refractivity contribution < 1.29 is 0 Å². The Morgan fingerprint density at radius 3 is 2.58 bits per heavy atom. The van der Waals surface area contributed by atoms with Crippen molar-refractivity contribution in [1.82, 2.24) is 5.32 Å². The predicted molar refractivity (Wildman–Crippen MR) is 110 cm³/mol. The van der Waals surface area contributed by atoms with Gasteiger partial charge in [0.2, 0.25) is 0 Å². The minimum absolute atomic E-state index is 0.273. The van der Waals surface area contributed by atoms with E-state index >= 15 is 0 Å². The van der Waals surface area contributed by atoms with E-state index in [4.69, 9.17) is 22.3 Å². The van der Waals surface area contributed by atoms with Crippen molar-refractivity contribution in [3.05, 3.63) is 76.6 Å². The summed E-state index contributed by atoms with van der Waals surface area (Å²) in [6, 6.07) is 15.8. The van der Waals surface area contributed by atoms with Gasteiger partial charge in [0.05, 0.1) is 28.8 Å². The highest BCUT2D eigenvalue weighted by Gasteiger charge is 2.30. The van der Waals surface area contributed by atoms with Crippen molar-refractivity contribution in [2.75, 3.05) is 5.32 Å². The number of allylic oxidation sites excluding steroid dienone is 1. The molecule has 0 aromatic heterocycles. The van der Waals surface area contributed by atoms with Gasteiger partial charge in [0.1, 0.15) is 0 Å². The molecule has 4 nitrogen and oxygen atoms in total. The zero-order valence-electron chi connectivity index (χ0n) is 14.8. The number of nitrogens with zero attached hydrogens (tertiary/aromatic N) is 1. The lowest BCUT2D eigenvalue weighted by atomic mass is 9.87. The second-order valence-corrected chi connectivity index (χ2v) is 7.25. The lowest BCUT2D eigenvalue weighted by molar-refractivity contribution is 0.638. The molecule has 0 radical (unpaired) electrons. The molecule has 4 rings (SSSR count). The van der Waals surface area contributed by atoms with E-state index in [-0.39, 0.29) is 12.1 Å². The summed E-state index contributed by atoms with van der Waals surface area (Å²) in [5, 5.41) is 7.70. The van der Waals surface area contributed by atoms with Gasteiger partial charge in [-0.2, -0.15) is 0 Å². The molecular formula is C21H21ClN4. The Hall–Kier alpha value is -2.56. The predicted octanol–water partition coefficient (Wildman–Crippen LogP) is 4.47. The van der Waals surface area contributed by atoms with Gasteiger partial charge >= 0.3 is 0 Å². The Morgan fingerprint density at radius 1 is 1.12 bits per heavy atom. The van der Waals surface area contributed by atoms with E-state index in [1.165, 1.54) is 0 Å². The minimum Gasteiger partial charge on any atom is -0.385 e. The smallest absolute Gasteiger partial charge is 0.0894 e. The van der Waals surface area contributed by atoms with Gasteiger partial charge in [0, 0.05) is 22.3 Å². The van der Waals surface area contributed by atoms with Gasteiger partial charge in [-0.1, -0.05) is 35.9 Å². The van der Waals surface area contributed by atoms with Crippen molar-refractivity contribution >= 4 is 34.3 Å². The maximum Gasteiger partial charge on any atom is 0.0894 e. The molecule has 0 amide bonds. The van der Waals surface area contributed by atoms with Crippen LogP contribution in [0.1, 0.15) is 19.4 Å². The number of nitrogens with two attached hydrogens (primary N) is 1. The number of nitrogens with one attached hydrogen (secondary N) is 2. The molecule has 0 bridgehead atoms. The van der Waals surface area contributed by atoms with E-state index in [1.54, 1.807) is 0 Å². The topological polar surface area (TPSA) is 62.4 Å². The molecule has 0 saturated heterocycles. The first-order valence-electron chi connectivity index (χ1n) is 8.72. The number of rotatable bonds is 3. The molecule has 2 aromatic rings. The lowest BCUT2D eigenvalue weighted by Crippen LogP contribution is -2.40. The zero-order valence-corrected chi connectivity index (χ0v) is 15.5. The number of anilines is 1. The van der Waals surface area contributed by atoms with Gasteiger partial charge < -0.3 is 16.4 Å². The van der Waals surface area contributed by atoms with Crippen LogP contribution in [0.25, 0.3) is 5.57 Å². The Labute approximate surface area is 158 Å². The zero-order chi connectivity index (χ0) is 18.3. The SMILES string of the molecule is CC(C)NC1=CC2=Nc3ccccc3NC2=C(c2ccc(Cl)cc2)C1N. The molecule has 0 fully saturated rings. The number of halogens is 1. The highest BCUT2D eigenvalue weighted by molar-refractivity contribution is 6.30. The molecule has 1 unspecified atom stereocenters. The summed E-state index contributed by atoms with van der Waals surface area (Å²) < 4.78 is 0. The van der Waals surface area contributed by atoms with Crippen LogP contribution in [-0.4, -0.2) is 17.8 Å². The second kappa shape index (κ2) is 6.63. The molecule has 26 heavy (non-hydrogen) atoms. The van der Waals surface area contributed by atoms with Crippen LogP contribution in [0, 0.1) is 0 Å². The fourth-order valence-electron chi connectivity index (χ4n) is 3.34. The van der Waals surface area contributed by atoms with Gasteiger partial charge in [0.15, 0.2) is 0 Å². The summed E-state index contributed by atoms with van der Waals surface area (Å²) in [4.78, 5) is 4.85. The van der Waals surface area contributed by atoms with Crippen LogP contribution in [0.5, 0.6) is 0 Å². The third-order valence-corrected chi connectivity index (χ3v) is 4.73. The summed E-state index contributed by atoms with van der Waals surface area (Å²) in [5.74, 6) is 0. The van der Waals surface area contributed by atoms with Crippen LogP contribution in [0.15, 0.2) is 71.0 Å². The largest absolute Gasteiger partial charge is 0.385 e. The van der Waals surface area contributed by atoms with E-state index in [2.05, 4.69) is 24.5 Å². The quantitative estimate of drug-likeness (QED) is 0.752. The molecule has 1 aliphatic heterocycles. The van der Waals surface area contributed by atoms with E-state index in [0.29, 0.717) is 5.02 Å². The number of para-hydroxylation sites is 2. The van der Waals surface area contributed by atoms with E-state index in [0.717, 1.165) is 39.6 Å². The molecule has 1 atom stereocenters. The lowest BCUT2D eigenvalue weighted by Gasteiger charge is -2.32. The second-order valence-electron chi connectivity index (χ2n) is 6.81. The number of benzene rings is 2. The maximum atomic E-state index is 6.65. The number of hydrogen-bond acceptors (Lipinski definition) is 4. The number of aliphatic imine (C=N–C) groups is 1. The number of fused-ring (bicyclic) bond motifs is 2. The van der Waals surface area contributed by atoms with Crippen molar-refractivity contribution in [3.63, 3.8) is 0 Å². The molecule has 0 saturated carbocycles. The molecule has 132 valence electrons. The molecule has 0 spiro atoms. The third kappa shape index (κ3) is 3.02. The first-order chi connectivity index (χ1) is 12.5. The van der Waals surface area contributed by atoms with Gasteiger partial charge in [-0.15, -0.1) is 0 Å². The Balaban J connectivity index is 1.89. The molecule has 5 heteroatoms. The van der Waals surface area contributed by atoms with Gasteiger partial charge in [-0.3, -0.25) is 0 Å². The van der Waals surface area contributed by atoms with Crippen LogP contribution in [-0.2, 0) is 0 Å². The Bertz CT molecular complexity index is 939. The summed E-state index contributed by atoms with van der Waals surface area (Å²) in [5.41, 5.74) is 13.4. The summed E-state index contributed by atoms with van der Waals surface area (Å²) in [6.07, 6.45) is 2.04. The molecule has 4 N–H and O–H groups in total. The summed E-state index contributed by atoms with van der Waals surface area (Å²) in [7, 11) is 0. The normalized spacial score (nSPS) is 18.6. The van der Waals surface area contributed by atoms with Crippen molar-refractivity contribution in [2.24, 2.45) is 10.7 Å². The first-order valence-corrected chi connectivity index (χ1v) is 9.09. The van der Waals surface area contributed by atoms with Crippen LogP contribution in [0.2, 0.25) is 5.02 Å². The highest BCUT2D eigenvalue weighted by Crippen LogP contribution is 2.38. The molecule has 2 aliphatic rings. The number of hydrogen-bond donors (Lipinski definition) is 3. The van der Waals surface area contributed by atoms with Gasteiger partial charge in [0.25, 0.3) is 0 Å². The average molecular weight is 365 g/mol. The fraction of sp³-hybridized carbons (Fsp3) is 0.190. The maximum absolute atomic E-state index is 6.65. The van der Waals surface area contributed by atoms with Crippen LogP contribution < -0.4 is 16.4 Å². The summed E-state index contributed by atoms with van der Waals surface area (Å²) in [6.45, 7) is 4.20. The van der Waals surface area contributed by atoms with Crippen LogP contribution >= 0.6 is 11.6 Å². The van der Waals surface area contributed by atoms with E-state index in [9.17, 15) is 0 Å². The monoisotopic (exact) mass is 364 g/mol. The molecular weight excluding hydrogens is 344 g/mol. The standard InChI is InChI=1S/C21H21ClN4/c1-12(2)24-17-11-18-21(26-16-6-4-3-5-15(16)25-18)19(20(17)23)13-7-9-14(22)10-8-13/h3-12,20,24,26H,23H2,1-2H3. The van der Waals surface area contributed by atoms with E-state index < -0.39 is 0 Å². The molecule has 1 aliphatic carbocycles. The average Bonchev–Trinajstić information content (AvgIpc) is 2.62. The Kier molecular flexibility index (Phi) is 4.31. The fourth-order valence-corrected chi connectivity index (χ4v) is 3.46. The van der Waals surface area contributed by atoms with Crippen molar-refractivity contribution in [2.45, 2.75) is 25.9 Å².